The second-order valence-corrected chi connectivity index (χ2v) is 6.84. The van der Waals surface area contributed by atoms with E-state index in [0.717, 1.165) is 12.0 Å². The fraction of sp³-hybridized carbons (Fsp3) is 0.450. The predicted octanol–water partition coefficient (Wildman–Crippen LogP) is 2.86. The van der Waals surface area contributed by atoms with Crippen molar-refractivity contribution in [1.29, 1.82) is 0 Å². The van der Waals surface area contributed by atoms with Gasteiger partial charge >= 0.3 is 11.7 Å². The van der Waals surface area contributed by atoms with Crippen LogP contribution in [0, 0.1) is 0 Å². The number of allylic oxidation sites excluding steroid dienone is 2. The average Bonchev–Trinajstić information content (AvgIpc) is 2.90. The van der Waals surface area contributed by atoms with Crippen molar-refractivity contribution in [2.24, 2.45) is 0 Å². The lowest BCUT2D eigenvalue weighted by Gasteiger charge is -2.21. The van der Waals surface area contributed by atoms with Crippen molar-refractivity contribution in [3.63, 3.8) is 0 Å². The quantitative estimate of drug-likeness (QED) is 0.683. The number of hydrogen-bond donors (Lipinski definition) is 1. The van der Waals surface area contributed by atoms with Crippen molar-refractivity contribution in [3.8, 4) is 5.75 Å². The normalized spacial score (nSPS) is 11.9. The summed E-state index contributed by atoms with van der Waals surface area (Å²) in [4.78, 5) is 23.7. The Kier molecular flexibility index (Phi) is 6.60. The molecule has 0 amide bonds. The molecule has 1 N–H and O–H groups in total. The summed E-state index contributed by atoms with van der Waals surface area (Å²) in [7, 11) is 0. The van der Waals surface area contributed by atoms with Gasteiger partial charge in [-0.25, -0.2) is 14.3 Å². The van der Waals surface area contributed by atoms with Crippen LogP contribution in [0.5, 0.6) is 5.75 Å². The third-order valence-corrected chi connectivity index (χ3v) is 4.13. The molecule has 0 unspecified atom stereocenters. The van der Waals surface area contributed by atoms with Gasteiger partial charge in [0.2, 0.25) is 0 Å². The highest BCUT2D eigenvalue weighted by Gasteiger charge is 2.29. The van der Waals surface area contributed by atoms with Gasteiger partial charge in [0.05, 0.1) is 6.54 Å². The summed E-state index contributed by atoms with van der Waals surface area (Å²) in [6.45, 7) is 8.02. The van der Waals surface area contributed by atoms with Crippen LogP contribution in [0.25, 0.3) is 0 Å². The molecule has 0 fully saturated rings. The zero-order valence-electron chi connectivity index (χ0n) is 16.3. The number of ether oxygens (including phenoxy) is 1. The lowest BCUT2D eigenvalue weighted by atomic mass is 10.1. The van der Waals surface area contributed by atoms with Crippen molar-refractivity contribution in [2.45, 2.75) is 59.2 Å². The van der Waals surface area contributed by atoms with E-state index >= 15 is 0 Å². The Morgan fingerprint density at radius 1 is 1.30 bits per heavy atom. The highest BCUT2D eigenvalue weighted by Crippen LogP contribution is 2.20. The third kappa shape index (κ3) is 5.09. The zero-order valence-corrected chi connectivity index (χ0v) is 16.3. The molecule has 0 radical (unpaired) electrons. The van der Waals surface area contributed by atoms with Crippen LogP contribution >= 0.6 is 0 Å². The Morgan fingerprint density at radius 3 is 2.52 bits per heavy atom. The van der Waals surface area contributed by atoms with E-state index in [1.807, 2.05) is 38.1 Å². The molecule has 7 heteroatoms. The molecular weight excluding hydrogens is 346 g/mol. The van der Waals surface area contributed by atoms with Crippen LogP contribution in [-0.2, 0) is 24.3 Å². The topological polar surface area (TPSA) is 86.3 Å². The van der Waals surface area contributed by atoms with Gasteiger partial charge in [0.25, 0.3) is 0 Å². The lowest BCUT2D eigenvalue weighted by molar-refractivity contribution is -0.152. The number of rotatable bonds is 9. The number of carbonyl (C=O) groups is 1. The Labute approximate surface area is 158 Å². The molecule has 0 saturated carbocycles. The number of carboxylic acids is 1. The van der Waals surface area contributed by atoms with Gasteiger partial charge in [0.15, 0.2) is 5.60 Å². The highest BCUT2D eigenvalue weighted by atomic mass is 16.5. The number of benzene rings is 1. The van der Waals surface area contributed by atoms with Crippen LogP contribution in [0.2, 0.25) is 0 Å². The summed E-state index contributed by atoms with van der Waals surface area (Å²) in [6.07, 6.45) is 5.15. The molecule has 2 aromatic rings. The molecule has 0 aliphatic rings. The zero-order chi connectivity index (χ0) is 20.0. The van der Waals surface area contributed by atoms with Gasteiger partial charge < -0.3 is 9.84 Å². The summed E-state index contributed by atoms with van der Waals surface area (Å²) >= 11 is 0. The largest absolute Gasteiger partial charge is 0.478 e. The van der Waals surface area contributed by atoms with Gasteiger partial charge in [0.1, 0.15) is 11.6 Å². The summed E-state index contributed by atoms with van der Waals surface area (Å²) in [5, 5.41) is 13.6. The van der Waals surface area contributed by atoms with Gasteiger partial charge in [-0.05, 0) is 44.9 Å². The van der Waals surface area contributed by atoms with E-state index in [1.54, 1.807) is 16.7 Å². The van der Waals surface area contributed by atoms with Crippen LogP contribution in [0.3, 0.4) is 0 Å². The van der Waals surface area contributed by atoms with Crippen molar-refractivity contribution in [3.05, 3.63) is 58.3 Å². The number of nitrogens with zero attached hydrogens (tertiary/aromatic N) is 3. The van der Waals surface area contributed by atoms with Crippen LogP contribution in [0.4, 0.5) is 0 Å². The monoisotopic (exact) mass is 373 g/mol. The molecule has 0 saturated heterocycles. The van der Waals surface area contributed by atoms with Gasteiger partial charge in [-0.1, -0.05) is 31.2 Å². The maximum absolute atomic E-state index is 12.5. The van der Waals surface area contributed by atoms with Crippen molar-refractivity contribution in [1.82, 2.24) is 14.3 Å². The molecule has 146 valence electrons. The molecule has 0 aliphatic heterocycles. The van der Waals surface area contributed by atoms with Crippen LogP contribution in [0.1, 0.15) is 45.5 Å². The summed E-state index contributed by atoms with van der Waals surface area (Å²) in [5.74, 6) is 0.170. The van der Waals surface area contributed by atoms with Crippen molar-refractivity contribution < 1.29 is 14.6 Å². The molecule has 1 aromatic heterocycles. The summed E-state index contributed by atoms with van der Waals surface area (Å²) in [6, 6.07) is 7.19. The first-order chi connectivity index (χ1) is 12.8. The summed E-state index contributed by atoms with van der Waals surface area (Å²) in [5.41, 5.74) is -0.432. The van der Waals surface area contributed by atoms with E-state index in [2.05, 4.69) is 5.10 Å². The molecule has 0 bridgehead atoms. The Morgan fingerprint density at radius 2 is 1.96 bits per heavy atom. The van der Waals surface area contributed by atoms with Crippen molar-refractivity contribution in [2.75, 3.05) is 0 Å². The minimum Gasteiger partial charge on any atom is -0.478 e. The minimum atomic E-state index is -1.30. The van der Waals surface area contributed by atoms with E-state index in [-0.39, 0.29) is 5.69 Å². The Bertz CT molecular complexity index is 860. The summed E-state index contributed by atoms with van der Waals surface area (Å²) < 4.78 is 8.70. The van der Waals surface area contributed by atoms with Gasteiger partial charge in [-0.3, -0.25) is 4.57 Å². The number of carboxylic acid groups (broad SMARTS) is 1. The Hall–Kier alpha value is -2.83. The van der Waals surface area contributed by atoms with E-state index in [9.17, 15) is 9.59 Å². The molecule has 0 spiro atoms. The maximum atomic E-state index is 12.5. The van der Waals surface area contributed by atoms with Crippen LogP contribution < -0.4 is 10.4 Å². The van der Waals surface area contributed by atoms with Gasteiger partial charge in [-0.15, -0.1) is 0 Å². The van der Waals surface area contributed by atoms with Crippen LogP contribution in [0.15, 0.2) is 41.2 Å². The molecule has 1 aromatic carbocycles. The first-order valence-electron chi connectivity index (χ1n) is 9.07. The second kappa shape index (κ2) is 8.70. The third-order valence-electron chi connectivity index (χ3n) is 4.13. The van der Waals surface area contributed by atoms with Gasteiger partial charge in [0, 0.05) is 13.0 Å². The molecule has 27 heavy (non-hydrogen) atoms. The second-order valence-electron chi connectivity index (χ2n) is 6.84. The molecule has 0 atom stereocenters. The highest BCUT2D eigenvalue weighted by molar-refractivity contribution is 5.76. The fourth-order valence-corrected chi connectivity index (χ4v) is 2.59. The molecule has 7 nitrogen and oxygen atoms in total. The van der Waals surface area contributed by atoms with Crippen molar-refractivity contribution >= 4 is 5.97 Å². The van der Waals surface area contributed by atoms with E-state index in [1.165, 1.54) is 18.5 Å². The fourth-order valence-electron chi connectivity index (χ4n) is 2.59. The van der Waals surface area contributed by atoms with E-state index < -0.39 is 11.6 Å². The van der Waals surface area contributed by atoms with E-state index in [0.29, 0.717) is 31.1 Å². The number of aromatic nitrogens is 3. The van der Waals surface area contributed by atoms with E-state index in [4.69, 9.17) is 9.84 Å². The first-order valence-corrected chi connectivity index (χ1v) is 9.07. The first kappa shape index (κ1) is 20.5. The predicted molar refractivity (Wildman–Crippen MR) is 103 cm³/mol. The maximum Gasteiger partial charge on any atom is 0.347 e. The Balaban J connectivity index is 2.21. The molecule has 0 aliphatic carbocycles. The smallest absolute Gasteiger partial charge is 0.347 e. The van der Waals surface area contributed by atoms with Crippen LogP contribution in [-0.4, -0.2) is 31.0 Å². The van der Waals surface area contributed by atoms with Gasteiger partial charge in [-0.2, -0.15) is 5.10 Å². The minimum absolute atomic E-state index is 0.104. The standard InChI is InChI=1S/C20H27N3O4/c1-5-7-13-23-19(26)22(12-6-2)17(21-23)14-15-8-10-16(11-9-15)27-20(3,4)18(24)25/h5,7-11H,6,12-14H2,1-4H3,(H,24,25)/b7-5+. The SMILES string of the molecule is C/C=C/Cn1nc(Cc2ccc(OC(C)(C)C(=O)O)cc2)n(CCC)c1=O. The number of hydrogen-bond acceptors (Lipinski definition) is 4. The lowest BCUT2D eigenvalue weighted by Crippen LogP contribution is -2.37. The average molecular weight is 373 g/mol. The number of aliphatic carboxylic acids is 1. The molecule has 2 rings (SSSR count). The molecular formula is C20H27N3O4. The molecule has 1 heterocycles.